The monoisotopic (exact) mass is 197 g/mol. The van der Waals surface area contributed by atoms with Gasteiger partial charge < -0.3 is 4.90 Å². The number of hydrogen-bond acceptors (Lipinski definition) is 1. The van der Waals surface area contributed by atoms with Crippen LogP contribution < -0.4 is 0 Å². The highest BCUT2D eigenvalue weighted by Gasteiger charge is 1.87. The van der Waals surface area contributed by atoms with Crippen LogP contribution in [0.15, 0.2) is 0 Å². The van der Waals surface area contributed by atoms with E-state index in [1.807, 2.05) is 0 Å². The zero-order chi connectivity index (χ0) is 6.41. The Morgan fingerprint density at radius 2 is 2.12 bits per heavy atom. The van der Waals surface area contributed by atoms with Crippen molar-refractivity contribution in [2.45, 2.75) is 6.42 Å². The van der Waals surface area contributed by atoms with Gasteiger partial charge in [0.2, 0.25) is 0 Å². The van der Waals surface area contributed by atoms with E-state index in [2.05, 4.69) is 34.5 Å². The average Bonchev–Trinajstić information content (AvgIpc) is 1.66. The first kappa shape index (κ1) is 8.87. The molecule has 0 saturated heterocycles. The molecule has 8 heavy (non-hydrogen) atoms. The lowest BCUT2D eigenvalue weighted by Gasteiger charge is -2.06. The fourth-order valence-electron chi connectivity index (χ4n) is 0.462. The maximum Gasteiger partial charge on any atom is -0.00213 e. The predicted molar refractivity (Wildman–Crippen MR) is 45.3 cm³/mol. The zero-order valence-corrected chi connectivity index (χ0v) is 8.03. The Labute approximate surface area is 61.4 Å². The number of halogens is 1. The molecule has 1 unspecified atom stereocenters. The SMILES string of the molecule is CN(C)CCCPBr. The normalized spacial score (nSPS) is 12.0. The molecule has 0 rings (SSSR count). The van der Waals surface area contributed by atoms with Crippen LogP contribution in [0.3, 0.4) is 0 Å². The Morgan fingerprint density at radius 3 is 2.50 bits per heavy atom. The quantitative estimate of drug-likeness (QED) is 0.492. The summed E-state index contributed by atoms with van der Waals surface area (Å²) in [5.41, 5.74) is 0. The highest BCUT2D eigenvalue weighted by molar-refractivity contribution is 9.36. The maximum absolute atomic E-state index is 3.41. The molecule has 1 atom stereocenters. The fraction of sp³-hybridized carbons (Fsp3) is 1.00. The van der Waals surface area contributed by atoms with E-state index in [1.54, 1.807) is 0 Å². The topological polar surface area (TPSA) is 3.24 Å². The van der Waals surface area contributed by atoms with Crippen molar-refractivity contribution in [3.8, 4) is 0 Å². The molecule has 0 bridgehead atoms. The number of nitrogens with zero attached hydrogens (tertiary/aromatic N) is 1. The van der Waals surface area contributed by atoms with E-state index in [-0.39, 0.29) is 0 Å². The second-order valence-electron chi connectivity index (χ2n) is 2.04. The van der Waals surface area contributed by atoms with Crippen LogP contribution in [0.4, 0.5) is 0 Å². The molecule has 3 heteroatoms. The van der Waals surface area contributed by atoms with Crippen LogP contribution in [-0.2, 0) is 0 Å². The maximum atomic E-state index is 3.41. The molecule has 0 aliphatic rings. The van der Waals surface area contributed by atoms with Crippen molar-refractivity contribution in [1.82, 2.24) is 4.90 Å². The molecule has 0 aliphatic carbocycles. The Morgan fingerprint density at radius 1 is 1.50 bits per heavy atom. The molecule has 0 aromatic carbocycles. The lowest BCUT2D eigenvalue weighted by molar-refractivity contribution is 0.410. The molecule has 0 radical (unpaired) electrons. The van der Waals surface area contributed by atoms with Gasteiger partial charge in [0.25, 0.3) is 0 Å². The summed E-state index contributed by atoms with van der Waals surface area (Å²) in [4.78, 5) is 2.22. The lowest BCUT2D eigenvalue weighted by Crippen LogP contribution is -2.12. The van der Waals surface area contributed by atoms with Crippen LogP contribution in [0.25, 0.3) is 0 Å². The molecule has 50 valence electrons. The zero-order valence-electron chi connectivity index (χ0n) is 5.45. The van der Waals surface area contributed by atoms with Gasteiger partial charge in [0, 0.05) is 0 Å². The summed E-state index contributed by atoms with van der Waals surface area (Å²) in [5.74, 6) is 0. The van der Waals surface area contributed by atoms with Crippen LogP contribution >= 0.6 is 22.8 Å². The summed E-state index contributed by atoms with van der Waals surface area (Å²) < 4.78 is 0. The molecule has 0 N–H and O–H groups in total. The summed E-state index contributed by atoms with van der Waals surface area (Å²) in [7, 11) is 5.16. The molecule has 0 fully saturated rings. The van der Waals surface area contributed by atoms with Crippen molar-refractivity contribution in [2.24, 2.45) is 0 Å². The number of rotatable bonds is 4. The van der Waals surface area contributed by atoms with Gasteiger partial charge in [0.15, 0.2) is 0 Å². The molecular formula is C5H13BrNP. The van der Waals surface area contributed by atoms with Crippen molar-refractivity contribution in [3.05, 3.63) is 0 Å². The average molecular weight is 198 g/mol. The summed E-state index contributed by atoms with van der Waals surface area (Å²) in [6.45, 7) is 1.22. The van der Waals surface area contributed by atoms with E-state index >= 15 is 0 Å². The van der Waals surface area contributed by atoms with E-state index in [0.717, 1.165) is 7.28 Å². The molecule has 0 saturated carbocycles. The van der Waals surface area contributed by atoms with Crippen molar-refractivity contribution in [3.63, 3.8) is 0 Å². The summed E-state index contributed by atoms with van der Waals surface area (Å²) in [6, 6.07) is 0. The van der Waals surface area contributed by atoms with Crippen LogP contribution in [0.1, 0.15) is 6.42 Å². The minimum absolute atomic E-state index is 0.943. The van der Waals surface area contributed by atoms with E-state index in [9.17, 15) is 0 Å². The molecule has 0 amide bonds. The molecule has 0 heterocycles. The van der Waals surface area contributed by atoms with Gasteiger partial charge in [0.1, 0.15) is 0 Å². The Bertz CT molecular complexity index is 49.7. The molecular weight excluding hydrogens is 185 g/mol. The van der Waals surface area contributed by atoms with Gasteiger partial charge >= 0.3 is 0 Å². The molecule has 0 aliphatic heterocycles. The Hall–Kier alpha value is 0.870. The summed E-state index contributed by atoms with van der Waals surface area (Å²) in [5, 5.41) is 0. The molecule has 0 aromatic rings. The second kappa shape index (κ2) is 6.00. The largest absolute Gasteiger partial charge is 0.309 e. The smallest absolute Gasteiger partial charge is 0.00213 e. The minimum Gasteiger partial charge on any atom is -0.309 e. The Kier molecular flexibility index (Phi) is 6.65. The van der Waals surface area contributed by atoms with Crippen LogP contribution in [0, 0.1) is 0 Å². The van der Waals surface area contributed by atoms with Crippen LogP contribution in [0.2, 0.25) is 0 Å². The lowest BCUT2D eigenvalue weighted by atomic mass is 10.5. The second-order valence-corrected chi connectivity index (χ2v) is 4.49. The van der Waals surface area contributed by atoms with Crippen molar-refractivity contribution < 1.29 is 0 Å². The van der Waals surface area contributed by atoms with E-state index < -0.39 is 0 Å². The number of hydrogen-bond donors (Lipinski definition) is 0. The summed E-state index contributed by atoms with van der Waals surface area (Å²) in [6.07, 6.45) is 2.63. The van der Waals surface area contributed by atoms with E-state index in [4.69, 9.17) is 0 Å². The van der Waals surface area contributed by atoms with Crippen LogP contribution in [-0.4, -0.2) is 31.7 Å². The minimum atomic E-state index is 0.943. The van der Waals surface area contributed by atoms with Gasteiger partial charge in [-0.2, -0.15) is 0 Å². The third-order valence-corrected chi connectivity index (χ3v) is 2.61. The fourth-order valence-corrected chi connectivity index (χ4v) is 1.59. The molecule has 1 nitrogen and oxygen atoms in total. The third-order valence-electron chi connectivity index (χ3n) is 0.877. The highest BCUT2D eigenvalue weighted by Crippen LogP contribution is 2.19. The summed E-state index contributed by atoms with van der Waals surface area (Å²) >= 11 is 3.41. The van der Waals surface area contributed by atoms with Crippen molar-refractivity contribution >= 4 is 22.8 Å². The van der Waals surface area contributed by atoms with E-state index in [1.165, 1.54) is 19.1 Å². The van der Waals surface area contributed by atoms with E-state index in [0.29, 0.717) is 0 Å². The van der Waals surface area contributed by atoms with Crippen molar-refractivity contribution in [1.29, 1.82) is 0 Å². The van der Waals surface area contributed by atoms with Gasteiger partial charge in [-0.05, 0) is 33.2 Å². The van der Waals surface area contributed by atoms with Gasteiger partial charge in [0.05, 0.1) is 0 Å². The first-order valence-electron chi connectivity index (χ1n) is 2.75. The predicted octanol–water partition coefficient (Wildman–Crippen LogP) is 1.93. The highest BCUT2D eigenvalue weighted by atomic mass is 79.9. The first-order valence-corrected chi connectivity index (χ1v) is 6.22. The molecule has 0 spiro atoms. The van der Waals surface area contributed by atoms with Crippen LogP contribution in [0.5, 0.6) is 0 Å². The van der Waals surface area contributed by atoms with Gasteiger partial charge in [-0.1, -0.05) is 22.8 Å². The third kappa shape index (κ3) is 6.87. The Balaban J connectivity index is 2.72. The van der Waals surface area contributed by atoms with Crippen molar-refractivity contribution in [2.75, 3.05) is 26.8 Å². The van der Waals surface area contributed by atoms with Gasteiger partial charge in [-0.15, -0.1) is 0 Å². The van der Waals surface area contributed by atoms with Gasteiger partial charge in [-0.3, -0.25) is 0 Å². The first-order chi connectivity index (χ1) is 3.77. The standard InChI is InChI=1S/C5H13BrNP/c1-7(2)4-3-5-8-6/h8H,3-5H2,1-2H3. The van der Waals surface area contributed by atoms with Gasteiger partial charge in [-0.25, -0.2) is 0 Å². The molecule has 0 aromatic heterocycles.